The van der Waals surface area contributed by atoms with Gasteiger partial charge in [0.1, 0.15) is 0 Å². The molecule has 3 aromatic heterocycles. The van der Waals surface area contributed by atoms with E-state index < -0.39 is 5.92 Å². The molecule has 1 fully saturated rings. The first-order valence-corrected chi connectivity index (χ1v) is 13.7. The molecule has 1 amide bonds. The molecule has 0 spiro atoms. The Morgan fingerprint density at radius 3 is 2.87 bits per heavy atom. The number of benzene rings is 1. The van der Waals surface area contributed by atoms with Crippen molar-refractivity contribution in [2.45, 2.75) is 45.1 Å². The first kappa shape index (κ1) is 25.1. The Hall–Kier alpha value is -3.21. The van der Waals surface area contributed by atoms with Crippen LogP contribution in [0, 0.1) is 0 Å². The summed E-state index contributed by atoms with van der Waals surface area (Å²) in [6.45, 7) is 2.27. The van der Waals surface area contributed by atoms with E-state index in [2.05, 4.69) is 15.3 Å². The number of pyridine rings is 1. The van der Waals surface area contributed by atoms with Crippen molar-refractivity contribution in [1.29, 1.82) is 0 Å². The van der Waals surface area contributed by atoms with E-state index in [0.717, 1.165) is 51.5 Å². The summed E-state index contributed by atoms with van der Waals surface area (Å²) in [6.07, 6.45) is 5.39. The van der Waals surface area contributed by atoms with Gasteiger partial charge < -0.3 is 5.32 Å². The van der Waals surface area contributed by atoms with E-state index in [0.29, 0.717) is 35.4 Å². The molecule has 0 bridgehead atoms. The number of hydrogen-bond acceptors (Lipinski definition) is 6. The van der Waals surface area contributed by atoms with Crippen LogP contribution in [0.3, 0.4) is 0 Å². The highest BCUT2D eigenvalue weighted by Crippen LogP contribution is 2.44. The minimum Gasteiger partial charge on any atom is -0.302 e. The van der Waals surface area contributed by atoms with Crippen molar-refractivity contribution in [3.63, 3.8) is 0 Å². The Bertz CT molecular complexity index is 1520. The smallest absolute Gasteiger partial charge is 0.260 e. The van der Waals surface area contributed by atoms with Crippen LogP contribution in [0.1, 0.15) is 36.6 Å². The van der Waals surface area contributed by atoms with E-state index in [1.54, 1.807) is 17.3 Å². The van der Waals surface area contributed by atoms with Crippen LogP contribution in [0.15, 0.2) is 42.7 Å². The fourth-order valence-electron chi connectivity index (χ4n) is 5.24. The molecule has 0 saturated carbocycles. The molecule has 1 aliphatic carbocycles. The first-order chi connectivity index (χ1) is 18.3. The maximum absolute atomic E-state index is 13.9. The molecular weight excluding hydrogens is 530 g/mol. The zero-order valence-electron chi connectivity index (χ0n) is 20.7. The highest BCUT2D eigenvalue weighted by atomic mass is 35.5. The van der Waals surface area contributed by atoms with Crippen LogP contribution < -0.4 is 5.32 Å². The second-order valence-electron chi connectivity index (χ2n) is 9.76. The molecule has 4 heterocycles. The van der Waals surface area contributed by atoms with E-state index >= 15 is 0 Å². The maximum Gasteiger partial charge on any atom is 0.260 e. The Morgan fingerprint density at radius 2 is 2.13 bits per heavy atom. The van der Waals surface area contributed by atoms with Gasteiger partial charge in [0.15, 0.2) is 5.13 Å². The zero-order chi connectivity index (χ0) is 26.4. The third-order valence-corrected chi connectivity index (χ3v) is 8.17. The van der Waals surface area contributed by atoms with Crippen molar-refractivity contribution in [2.24, 2.45) is 0 Å². The normalized spacial score (nSPS) is 16.6. The summed E-state index contributed by atoms with van der Waals surface area (Å²) in [5, 5.41) is 8.83. The van der Waals surface area contributed by atoms with Crippen molar-refractivity contribution >= 4 is 34.0 Å². The lowest BCUT2D eigenvalue weighted by Crippen LogP contribution is -2.42. The largest absolute Gasteiger partial charge is 0.302 e. The molecule has 1 saturated heterocycles. The minimum absolute atomic E-state index is 0.0594. The van der Waals surface area contributed by atoms with Crippen LogP contribution in [0.5, 0.6) is 0 Å². The van der Waals surface area contributed by atoms with E-state index in [4.69, 9.17) is 16.7 Å². The molecule has 0 unspecified atom stereocenters. The lowest BCUT2D eigenvalue weighted by molar-refractivity contribution is -0.114. The number of nitrogens with one attached hydrogen (secondary N) is 1. The van der Waals surface area contributed by atoms with Crippen molar-refractivity contribution in [3.8, 4) is 27.5 Å². The van der Waals surface area contributed by atoms with Gasteiger partial charge in [-0.25, -0.2) is 18.4 Å². The lowest BCUT2D eigenvalue weighted by atomic mass is 9.95. The quantitative estimate of drug-likeness (QED) is 0.327. The number of halogens is 3. The van der Waals surface area contributed by atoms with Crippen LogP contribution in [-0.2, 0) is 24.2 Å². The Balaban J connectivity index is 1.42. The number of piperidine rings is 1. The fraction of sp³-hybridized carbons (Fsp3) is 0.333. The number of alkyl halides is 2. The summed E-state index contributed by atoms with van der Waals surface area (Å²) in [4.78, 5) is 23.3. The predicted octanol–water partition coefficient (Wildman–Crippen LogP) is 6.00. The predicted molar refractivity (Wildman–Crippen MR) is 144 cm³/mol. The van der Waals surface area contributed by atoms with Crippen LogP contribution in [0.4, 0.5) is 13.9 Å². The summed E-state index contributed by atoms with van der Waals surface area (Å²) in [5.41, 5.74) is 6.15. The lowest BCUT2D eigenvalue weighted by Gasteiger charge is -2.32. The molecule has 1 aromatic carbocycles. The van der Waals surface area contributed by atoms with Gasteiger partial charge in [0.2, 0.25) is 5.91 Å². The van der Waals surface area contributed by atoms with Gasteiger partial charge in [-0.1, -0.05) is 29.0 Å². The molecular formula is C27H25ClF2N6OS. The Morgan fingerprint density at radius 1 is 1.26 bits per heavy atom. The molecule has 1 aliphatic heterocycles. The highest BCUT2D eigenvalue weighted by molar-refractivity contribution is 7.19. The number of carbonyl (C=O) groups excluding carboxylic acids is 1. The number of thiazole rings is 1. The molecule has 0 radical (unpaired) electrons. The van der Waals surface area contributed by atoms with E-state index in [1.165, 1.54) is 18.3 Å². The number of carbonyl (C=O) groups is 1. The van der Waals surface area contributed by atoms with Crippen molar-refractivity contribution in [1.82, 2.24) is 24.6 Å². The Labute approximate surface area is 227 Å². The average Bonchev–Trinajstić information content (AvgIpc) is 3.44. The van der Waals surface area contributed by atoms with Gasteiger partial charge >= 0.3 is 0 Å². The number of aromatic nitrogens is 4. The third kappa shape index (κ3) is 4.83. The SMILES string of the molecule is CC(=O)Nc1nc2c(s1)-c1c(c(-c3cccnc3)nn1-c1ccc(CN3CCCC(F)(F)C3)cc1Cl)CC2. The molecule has 1 N–H and O–H groups in total. The summed E-state index contributed by atoms with van der Waals surface area (Å²) in [6, 6.07) is 9.50. The van der Waals surface area contributed by atoms with Crippen LogP contribution in [0.2, 0.25) is 5.02 Å². The van der Waals surface area contributed by atoms with E-state index in [-0.39, 0.29) is 18.9 Å². The third-order valence-electron chi connectivity index (χ3n) is 6.84. The first-order valence-electron chi connectivity index (χ1n) is 12.5. The van der Waals surface area contributed by atoms with Gasteiger partial charge in [0.25, 0.3) is 5.92 Å². The van der Waals surface area contributed by atoms with Gasteiger partial charge in [-0.15, -0.1) is 0 Å². The summed E-state index contributed by atoms with van der Waals surface area (Å²) >= 11 is 8.24. The topological polar surface area (TPSA) is 75.9 Å². The monoisotopic (exact) mass is 554 g/mol. The summed E-state index contributed by atoms with van der Waals surface area (Å²) in [5.74, 6) is -2.83. The van der Waals surface area contributed by atoms with Gasteiger partial charge in [-0.2, -0.15) is 5.10 Å². The number of nitrogens with zero attached hydrogens (tertiary/aromatic N) is 5. The molecule has 2 aliphatic rings. The van der Waals surface area contributed by atoms with Crippen molar-refractivity contribution < 1.29 is 13.6 Å². The average molecular weight is 555 g/mol. The molecule has 11 heteroatoms. The number of aryl methyl sites for hydroxylation is 1. The summed E-state index contributed by atoms with van der Waals surface area (Å²) in [7, 11) is 0. The van der Waals surface area contributed by atoms with E-state index in [1.807, 2.05) is 35.0 Å². The molecule has 0 atom stereocenters. The molecule has 6 rings (SSSR count). The van der Waals surface area contributed by atoms with Crippen LogP contribution in [-0.4, -0.2) is 49.6 Å². The van der Waals surface area contributed by atoms with E-state index in [9.17, 15) is 13.6 Å². The minimum atomic E-state index is -2.65. The number of anilines is 1. The highest BCUT2D eigenvalue weighted by Gasteiger charge is 2.35. The molecule has 38 heavy (non-hydrogen) atoms. The molecule has 7 nitrogen and oxygen atoms in total. The number of fused-ring (bicyclic) bond motifs is 3. The van der Waals surface area contributed by atoms with Crippen molar-refractivity contribution in [3.05, 3.63) is 64.6 Å². The zero-order valence-corrected chi connectivity index (χ0v) is 22.3. The van der Waals surface area contributed by atoms with Gasteiger partial charge in [0.05, 0.1) is 39.2 Å². The molecule has 4 aromatic rings. The van der Waals surface area contributed by atoms with Crippen molar-refractivity contribution in [2.75, 3.05) is 18.4 Å². The number of rotatable bonds is 5. The van der Waals surface area contributed by atoms with Gasteiger partial charge in [-0.3, -0.25) is 14.7 Å². The maximum atomic E-state index is 13.9. The molecule has 196 valence electrons. The van der Waals surface area contributed by atoms with Crippen LogP contribution >= 0.6 is 22.9 Å². The van der Waals surface area contributed by atoms with Gasteiger partial charge in [-0.05, 0) is 55.6 Å². The second-order valence-corrected chi connectivity index (χ2v) is 11.2. The van der Waals surface area contributed by atoms with Crippen LogP contribution in [0.25, 0.3) is 27.5 Å². The summed E-state index contributed by atoms with van der Waals surface area (Å²) < 4.78 is 29.7. The van der Waals surface area contributed by atoms with Gasteiger partial charge in [0, 0.05) is 43.4 Å². The second kappa shape index (κ2) is 9.83. The number of amides is 1. The fourth-order valence-corrected chi connectivity index (χ4v) is 6.64. The Kier molecular flexibility index (Phi) is 6.49. The number of hydrogen-bond donors (Lipinski definition) is 1. The number of likely N-dealkylation sites (tertiary alicyclic amines) is 1. The standard InChI is InChI=1S/C27H25ClF2N6OS/c1-16(37)32-26-33-21-7-6-19-23(18-4-2-10-31-13-18)34-36(24(19)25(21)38-26)22-8-5-17(12-20(22)28)14-35-11-3-9-27(29,30)15-35/h2,4-5,8,10,12-13H,3,6-7,9,11,14-15H2,1H3,(H,32,33,37).